The van der Waals surface area contributed by atoms with Crippen molar-refractivity contribution in [2.45, 2.75) is 41.4 Å². The van der Waals surface area contributed by atoms with Crippen LogP contribution in [0.15, 0.2) is 53.4 Å². The van der Waals surface area contributed by atoms with Crippen LogP contribution in [-0.4, -0.2) is 79.6 Å². The fourth-order valence-electron chi connectivity index (χ4n) is 5.73. The van der Waals surface area contributed by atoms with Crippen molar-refractivity contribution in [3.8, 4) is 11.3 Å². The van der Waals surface area contributed by atoms with Crippen LogP contribution in [0.25, 0.3) is 22.2 Å². The van der Waals surface area contributed by atoms with E-state index >= 15 is 0 Å². The molecule has 9 heteroatoms. The summed E-state index contributed by atoms with van der Waals surface area (Å²) in [5.74, 6) is -0.295. The minimum atomic E-state index is -3.94. The van der Waals surface area contributed by atoms with Crippen LogP contribution in [0, 0.1) is 0 Å². The third-order valence-electron chi connectivity index (χ3n) is 7.97. The molecule has 8 nitrogen and oxygen atoms in total. The molecule has 0 unspecified atom stereocenters. The molecule has 0 spiro atoms. The van der Waals surface area contributed by atoms with Crippen molar-refractivity contribution in [1.29, 1.82) is 0 Å². The Morgan fingerprint density at radius 3 is 2.50 bits per heavy atom. The summed E-state index contributed by atoms with van der Waals surface area (Å²) >= 11 is 0. The number of aliphatic hydroxyl groups excluding tert-OH is 1. The number of rotatable bonds is 5. The summed E-state index contributed by atoms with van der Waals surface area (Å²) in [6, 6.07) is 15.1. The number of para-hydroxylation sites is 1. The highest BCUT2D eigenvalue weighted by molar-refractivity contribution is 7.93. The lowest BCUT2D eigenvalue weighted by Crippen LogP contribution is -2.59. The van der Waals surface area contributed by atoms with E-state index in [1.54, 1.807) is 17.0 Å². The normalized spacial score (nSPS) is 22.1. The van der Waals surface area contributed by atoms with Crippen LogP contribution >= 0.6 is 0 Å². The van der Waals surface area contributed by atoms with Gasteiger partial charge in [0.05, 0.1) is 24.2 Å². The number of nitrogens with zero attached hydrogens (tertiary/aromatic N) is 2. The van der Waals surface area contributed by atoms with Crippen LogP contribution in [0.4, 0.5) is 5.69 Å². The average molecular weight is 510 g/mol. The molecule has 6 rings (SSSR count). The molecule has 2 aliphatic heterocycles. The van der Waals surface area contributed by atoms with E-state index < -0.39 is 20.7 Å². The zero-order valence-electron chi connectivity index (χ0n) is 20.2. The van der Waals surface area contributed by atoms with Crippen molar-refractivity contribution >= 4 is 32.3 Å². The molecule has 1 aliphatic carbocycles. The maximum atomic E-state index is 14.1. The van der Waals surface area contributed by atoms with Crippen molar-refractivity contribution < 1.29 is 23.1 Å². The minimum Gasteiger partial charge on any atom is -0.391 e. The Kier molecular flexibility index (Phi) is 5.81. The molecule has 1 atom stereocenters. The molecule has 1 aromatic heterocycles. The van der Waals surface area contributed by atoms with Crippen LogP contribution in [0.3, 0.4) is 0 Å². The van der Waals surface area contributed by atoms with E-state index in [9.17, 15) is 18.3 Å². The van der Waals surface area contributed by atoms with Crippen LogP contribution < -0.4 is 4.90 Å². The summed E-state index contributed by atoms with van der Waals surface area (Å²) in [6.07, 6.45) is 1.66. The second-order valence-electron chi connectivity index (χ2n) is 10.1. The first-order valence-corrected chi connectivity index (χ1v) is 14.1. The van der Waals surface area contributed by atoms with Gasteiger partial charge in [0.2, 0.25) is 5.91 Å². The van der Waals surface area contributed by atoms with Gasteiger partial charge in [-0.3, -0.25) is 4.79 Å². The minimum absolute atomic E-state index is 0.168. The molecule has 2 N–H and O–H groups in total. The lowest BCUT2D eigenvalue weighted by Gasteiger charge is -2.43. The molecule has 0 radical (unpaired) electrons. The predicted octanol–water partition coefficient (Wildman–Crippen LogP) is 2.96. The van der Waals surface area contributed by atoms with Crippen molar-refractivity contribution in [3.63, 3.8) is 0 Å². The molecule has 2 saturated heterocycles. The van der Waals surface area contributed by atoms with Gasteiger partial charge in [-0.05, 0) is 56.0 Å². The third kappa shape index (κ3) is 3.72. The van der Waals surface area contributed by atoms with Gasteiger partial charge in [-0.25, -0.2) is 8.42 Å². The molecule has 3 fully saturated rings. The molecule has 3 aromatic rings. The zero-order chi connectivity index (χ0) is 24.9. The van der Waals surface area contributed by atoms with E-state index in [0.717, 1.165) is 27.8 Å². The van der Waals surface area contributed by atoms with Crippen LogP contribution in [0.5, 0.6) is 0 Å². The number of nitrogens with one attached hydrogen (secondary N) is 1. The van der Waals surface area contributed by atoms with Gasteiger partial charge in [-0.15, -0.1) is 0 Å². The number of carbonyl (C=O) groups is 1. The number of amides is 1. The fourth-order valence-corrected chi connectivity index (χ4v) is 7.89. The maximum absolute atomic E-state index is 14.1. The van der Waals surface area contributed by atoms with Crippen LogP contribution in [0.2, 0.25) is 0 Å². The lowest BCUT2D eigenvalue weighted by atomic mass is 9.83. The van der Waals surface area contributed by atoms with E-state index in [-0.39, 0.29) is 10.8 Å². The molecule has 3 heterocycles. The maximum Gasteiger partial charge on any atom is 0.244 e. The van der Waals surface area contributed by atoms with Gasteiger partial charge in [0.25, 0.3) is 0 Å². The number of aromatic amines is 1. The second kappa shape index (κ2) is 8.90. The molecular formula is C27H31N3O5S. The second-order valence-corrected chi connectivity index (χ2v) is 12.4. The molecule has 1 saturated carbocycles. The molecule has 3 aliphatic rings. The Bertz CT molecular complexity index is 1370. The fraction of sp³-hybridized carbons (Fsp3) is 0.444. The summed E-state index contributed by atoms with van der Waals surface area (Å²) in [5.41, 5.74) is 3.41. The Hall–Kier alpha value is -2.88. The number of H-pyrrole nitrogens is 1. The van der Waals surface area contributed by atoms with Crippen LogP contribution in [-0.2, 0) is 19.4 Å². The number of aliphatic hydroxyl groups is 1. The SMILES string of the molecule is O=C(N1CCOCC1)C1(S(=O)(=O)c2ccc(N3CC[C@H](O)C3)c(-c3cc4ccccc4[nH]3)c2)CCC1. The number of hydrogen-bond donors (Lipinski definition) is 2. The first-order valence-electron chi connectivity index (χ1n) is 12.7. The quantitative estimate of drug-likeness (QED) is 0.548. The number of aromatic nitrogens is 1. The summed E-state index contributed by atoms with van der Waals surface area (Å²) < 4.78 is 32.2. The van der Waals surface area contributed by atoms with Gasteiger partial charge in [0, 0.05) is 54.0 Å². The summed E-state index contributed by atoms with van der Waals surface area (Å²) in [4.78, 5) is 20.9. The number of morpholine rings is 1. The number of sulfone groups is 1. The molecule has 190 valence electrons. The van der Waals surface area contributed by atoms with Gasteiger partial charge >= 0.3 is 0 Å². The number of anilines is 1. The molecule has 36 heavy (non-hydrogen) atoms. The first kappa shape index (κ1) is 23.5. The Morgan fingerprint density at radius 2 is 1.83 bits per heavy atom. The van der Waals surface area contributed by atoms with E-state index in [4.69, 9.17) is 4.74 Å². The first-order chi connectivity index (χ1) is 17.4. The van der Waals surface area contributed by atoms with Crippen molar-refractivity contribution in [3.05, 3.63) is 48.5 Å². The van der Waals surface area contributed by atoms with Gasteiger partial charge in [-0.1, -0.05) is 18.2 Å². The van der Waals surface area contributed by atoms with Gasteiger partial charge in [0.15, 0.2) is 14.6 Å². The van der Waals surface area contributed by atoms with Crippen LogP contribution in [0.1, 0.15) is 25.7 Å². The standard InChI is InChI=1S/C27H31N3O5S/c31-20-8-11-30(18-20)25-7-6-21(17-22(25)24-16-19-4-1-2-5-23(19)28-24)36(33,34)27(9-3-10-27)26(32)29-12-14-35-15-13-29/h1-2,4-7,16-17,20,28,31H,3,8-15,18H2/t20-/m0/s1. The highest BCUT2D eigenvalue weighted by Crippen LogP contribution is 2.46. The van der Waals surface area contributed by atoms with E-state index in [0.29, 0.717) is 65.1 Å². The van der Waals surface area contributed by atoms with Crippen molar-refractivity contribution in [2.75, 3.05) is 44.3 Å². The number of benzene rings is 2. The number of β-amino-alcohol motifs (C(OH)–C–C–N with tert-alkyl or cyclic N) is 1. The monoisotopic (exact) mass is 509 g/mol. The summed E-state index contributed by atoms with van der Waals surface area (Å²) in [7, 11) is -3.94. The Labute approximate surface area is 210 Å². The number of carbonyl (C=O) groups excluding carboxylic acids is 1. The van der Waals surface area contributed by atoms with E-state index in [2.05, 4.69) is 9.88 Å². The molecule has 1 amide bonds. The molecule has 2 aromatic carbocycles. The van der Waals surface area contributed by atoms with Crippen molar-refractivity contribution in [1.82, 2.24) is 9.88 Å². The number of hydrogen-bond acceptors (Lipinski definition) is 6. The topological polar surface area (TPSA) is 103 Å². The summed E-state index contributed by atoms with van der Waals surface area (Å²) in [5, 5.41) is 11.2. The largest absolute Gasteiger partial charge is 0.391 e. The van der Waals surface area contributed by atoms with Gasteiger partial charge in [-0.2, -0.15) is 0 Å². The lowest BCUT2D eigenvalue weighted by molar-refractivity contribution is -0.140. The Morgan fingerprint density at radius 1 is 1.06 bits per heavy atom. The predicted molar refractivity (Wildman–Crippen MR) is 138 cm³/mol. The van der Waals surface area contributed by atoms with E-state index in [1.165, 1.54) is 0 Å². The third-order valence-corrected chi connectivity index (χ3v) is 10.5. The number of ether oxygens (including phenoxy) is 1. The Balaban J connectivity index is 1.44. The zero-order valence-corrected chi connectivity index (χ0v) is 21.0. The smallest absolute Gasteiger partial charge is 0.244 e. The highest BCUT2D eigenvalue weighted by Gasteiger charge is 2.57. The van der Waals surface area contributed by atoms with E-state index in [1.807, 2.05) is 36.4 Å². The molecule has 0 bridgehead atoms. The summed E-state index contributed by atoms with van der Waals surface area (Å²) in [6.45, 7) is 2.91. The molecular weight excluding hydrogens is 478 g/mol. The number of fused-ring (bicyclic) bond motifs is 1. The van der Waals surface area contributed by atoms with Gasteiger partial charge < -0.3 is 24.6 Å². The highest BCUT2D eigenvalue weighted by atomic mass is 32.2. The van der Waals surface area contributed by atoms with Crippen molar-refractivity contribution in [2.24, 2.45) is 0 Å². The average Bonchev–Trinajstić information content (AvgIpc) is 3.49. The van der Waals surface area contributed by atoms with Gasteiger partial charge in [0.1, 0.15) is 0 Å².